The molecule has 3 fully saturated rings. The number of anilines is 1. The number of rotatable bonds is 2. The van der Waals surface area contributed by atoms with Crippen molar-refractivity contribution < 1.29 is 19.2 Å². The van der Waals surface area contributed by atoms with E-state index in [9.17, 15) is 14.4 Å². The summed E-state index contributed by atoms with van der Waals surface area (Å²) in [5, 5.41) is 0.730. The standard InChI is InChI=1S/C16H9Cl7N2O4/c17-5-2-1-3-6(4-5)24-13(28)29-25-11(26)7-8(12(25)27)15(21)10(19)9(18)14(7,20)16(15,22)23/h1-4,7-10H,(H,24,28)/t7-,8-,9-,10+,14-,15-/m0/s1. The largest absolute Gasteiger partial charge is 0.436 e. The van der Waals surface area contributed by atoms with E-state index in [0.29, 0.717) is 5.02 Å². The first-order valence-corrected chi connectivity index (χ1v) is 10.8. The highest BCUT2D eigenvalue weighted by Crippen LogP contribution is 2.76. The number of hydrogen-bond acceptors (Lipinski definition) is 4. The molecular weight excluding hydrogens is 532 g/mol. The van der Waals surface area contributed by atoms with Crippen LogP contribution in [0.4, 0.5) is 10.5 Å². The molecule has 4 rings (SSSR count). The first-order valence-electron chi connectivity index (χ1n) is 8.05. The summed E-state index contributed by atoms with van der Waals surface area (Å²) in [6.07, 6.45) is -1.11. The molecule has 0 radical (unpaired) electrons. The predicted molar refractivity (Wildman–Crippen MR) is 111 cm³/mol. The molecule has 2 saturated carbocycles. The van der Waals surface area contributed by atoms with E-state index in [0.717, 1.165) is 0 Å². The van der Waals surface area contributed by atoms with Crippen molar-refractivity contribution in [2.75, 3.05) is 5.32 Å². The van der Waals surface area contributed by atoms with Crippen LogP contribution in [0.1, 0.15) is 0 Å². The van der Waals surface area contributed by atoms with Crippen molar-refractivity contribution in [2.45, 2.75) is 24.8 Å². The molecule has 6 atom stereocenters. The normalized spacial score (nSPS) is 39.6. The smallest absolute Gasteiger partial charge is 0.311 e. The topological polar surface area (TPSA) is 75.7 Å². The number of hydrogen-bond donors (Lipinski definition) is 1. The summed E-state index contributed by atoms with van der Waals surface area (Å²) in [5.74, 6) is -4.56. The van der Waals surface area contributed by atoms with Crippen LogP contribution in [-0.4, -0.2) is 47.8 Å². The number of benzene rings is 1. The van der Waals surface area contributed by atoms with Gasteiger partial charge in [-0.1, -0.05) is 40.9 Å². The number of carbonyl (C=O) groups is 3. The van der Waals surface area contributed by atoms with Crippen LogP contribution >= 0.6 is 81.2 Å². The van der Waals surface area contributed by atoms with Gasteiger partial charge in [-0.25, -0.2) is 4.79 Å². The van der Waals surface area contributed by atoms with E-state index < -0.39 is 54.6 Å². The van der Waals surface area contributed by atoms with Crippen molar-refractivity contribution >= 4 is 105 Å². The molecule has 6 nitrogen and oxygen atoms in total. The number of hydroxylamine groups is 2. The lowest BCUT2D eigenvalue weighted by molar-refractivity contribution is -0.173. The number of carbonyl (C=O) groups excluding carboxylic acids is 3. The van der Waals surface area contributed by atoms with Crippen molar-refractivity contribution in [1.29, 1.82) is 0 Å². The zero-order chi connectivity index (χ0) is 21.5. The number of nitrogens with one attached hydrogen (secondary N) is 1. The Hall–Kier alpha value is -0.340. The fourth-order valence-electron chi connectivity index (χ4n) is 4.17. The summed E-state index contributed by atoms with van der Waals surface area (Å²) in [6, 6.07) is 6.15. The van der Waals surface area contributed by atoms with Crippen LogP contribution in [0.15, 0.2) is 24.3 Å². The van der Waals surface area contributed by atoms with Crippen LogP contribution in [0.2, 0.25) is 5.02 Å². The number of imide groups is 1. The van der Waals surface area contributed by atoms with E-state index >= 15 is 0 Å². The molecule has 0 aromatic heterocycles. The zero-order valence-electron chi connectivity index (χ0n) is 13.8. The summed E-state index contributed by atoms with van der Waals surface area (Å²) in [6.45, 7) is 0. The first-order chi connectivity index (χ1) is 13.4. The summed E-state index contributed by atoms with van der Waals surface area (Å²) >= 11 is 44.4. The molecule has 2 aliphatic carbocycles. The van der Waals surface area contributed by atoms with Gasteiger partial charge in [0.05, 0.1) is 22.6 Å². The highest BCUT2D eigenvalue weighted by molar-refractivity contribution is 6.63. The number of alkyl halides is 6. The molecule has 0 unspecified atom stereocenters. The lowest BCUT2D eigenvalue weighted by Crippen LogP contribution is -2.51. The molecule has 0 spiro atoms. The van der Waals surface area contributed by atoms with Crippen molar-refractivity contribution in [3.63, 3.8) is 0 Å². The summed E-state index contributed by atoms with van der Waals surface area (Å²) in [4.78, 5) is 39.3. The number of amides is 3. The highest BCUT2D eigenvalue weighted by atomic mass is 35.5. The molecule has 3 aliphatic rings. The Morgan fingerprint density at radius 3 is 2.00 bits per heavy atom. The molecule has 1 N–H and O–H groups in total. The van der Waals surface area contributed by atoms with Crippen LogP contribution < -0.4 is 5.32 Å². The Morgan fingerprint density at radius 1 is 1.00 bits per heavy atom. The van der Waals surface area contributed by atoms with Crippen LogP contribution in [0, 0.1) is 11.8 Å². The van der Waals surface area contributed by atoms with Crippen molar-refractivity contribution in [3.05, 3.63) is 29.3 Å². The third-order valence-electron chi connectivity index (χ3n) is 5.44. The van der Waals surface area contributed by atoms with Crippen LogP contribution in [0.5, 0.6) is 0 Å². The van der Waals surface area contributed by atoms with Gasteiger partial charge < -0.3 is 4.84 Å². The van der Waals surface area contributed by atoms with E-state index in [1.54, 1.807) is 12.1 Å². The fraction of sp³-hybridized carbons (Fsp3) is 0.438. The molecule has 2 bridgehead atoms. The molecule has 29 heavy (non-hydrogen) atoms. The highest BCUT2D eigenvalue weighted by Gasteiger charge is 2.91. The van der Waals surface area contributed by atoms with Gasteiger partial charge in [0.15, 0.2) is 4.33 Å². The van der Waals surface area contributed by atoms with Gasteiger partial charge in [0, 0.05) is 10.7 Å². The predicted octanol–water partition coefficient (Wildman–Crippen LogP) is 4.78. The maximum atomic E-state index is 12.9. The minimum atomic E-state index is -1.99. The summed E-state index contributed by atoms with van der Waals surface area (Å²) in [5.41, 5.74) is 0.284. The Bertz CT molecular complexity index is 904. The quantitative estimate of drug-likeness (QED) is 0.432. The lowest BCUT2D eigenvalue weighted by Gasteiger charge is -2.35. The van der Waals surface area contributed by atoms with Gasteiger partial charge in [0.1, 0.15) is 9.75 Å². The molecule has 1 saturated heterocycles. The van der Waals surface area contributed by atoms with Gasteiger partial charge in [0.25, 0.3) is 11.8 Å². The summed E-state index contributed by atoms with van der Waals surface area (Å²) in [7, 11) is 0. The van der Waals surface area contributed by atoms with E-state index in [1.165, 1.54) is 12.1 Å². The summed E-state index contributed by atoms with van der Waals surface area (Å²) < 4.78 is -1.99. The molecule has 1 aromatic carbocycles. The average Bonchev–Trinajstić information content (AvgIpc) is 3.01. The third-order valence-corrected chi connectivity index (χ3v) is 10.4. The SMILES string of the molecule is O=C(Nc1cccc(Cl)c1)ON1C(=O)[C@@H]2[C@@H](C1=O)[C@]1(Cl)[C@@H](Cl)[C@@H](Cl)[C@]2(Cl)C1(Cl)Cl. The Morgan fingerprint density at radius 2 is 1.52 bits per heavy atom. The number of nitrogens with zero attached hydrogens (tertiary/aromatic N) is 1. The zero-order valence-corrected chi connectivity index (χ0v) is 19.1. The monoisotopic (exact) mass is 538 g/mol. The van der Waals surface area contributed by atoms with E-state index in [2.05, 4.69) is 5.32 Å². The maximum absolute atomic E-state index is 12.9. The van der Waals surface area contributed by atoms with Crippen LogP contribution in [0.3, 0.4) is 0 Å². The number of fused-ring (bicyclic) bond motifs is 5. The minimum absolute atomic E-state index is 0.283. The molecule has 156 valence electrons. The van der Waals surface area contributed by atoms with Gasteiger partial charge in [-0.15, -0.1) is 51.5 Å². The first kappa shape index (κ1) is 21.9. The second-order valence-corrected chi connectivity index (χ2v) is 10.8. The van der Waals surface area contributed by atoms with E-state index in [4.69, 9.17) is 86.0 Å². The van der Waals surface area contributed by atoms with Gasteiger partial charge in [-0.05, 0) is 18.2 Å². The number of halogens is 7. The van der Waals surface area contributed by atoms with Gasteiger partial charge in [0.2, 0.25) is 0 Å². The molecule has 1 aromatic rings. The van der Waals surface area contributed by atoms with Crippen molar-refractivity contribution in [3.8, 4) is 0 Å². The van der Waals surface area contributed by atoms with Gasteiger partial charge in [-0.2, -0.15) is 0 Å². The average molecular weight is 541 g/mol. The van der Waals surface area contributed by atoms with Crippen LogP contribution in [0.25, 0.3) is 0 Å². The third kappa shape index (κ3) is 2.60. The molecule has 13 heteroatoms. The second-order valence-electron chi connectivity index (χ2n) is 6.85. The Labute approximate surface area is 199 Å². The maximum Gasteiger partial charge on any atom is 0.436 e. The molecule has 1 heterocycles. The Kier molecular flexibility index (Phi) is 5.15. The second kappa shape index (κ2) is 6.83. The van der Waals surface area contributed by atoms with Crippen molar-refractivity contribution in [1.82, 2.24) is 5.06 Å². The molecular formula is C16H9Cl7N2O4. The minimum Gasteiger partial charge on any atom is -0.311 e. The van der Waals surface area contributed by atoms with Crippen molar-refractivity contribution in [2.24, 2.45) is 11.8 Å². The van der Waals surface area contributed by atoms with E-state index in [1.807, 2.05) is 0 Å². The molecule has 1 aliphatic heterocycles. The molecule has 3 amide bonds. The van der Waals surface area contributed by atoms with Gasteiger partial charge in [-0.3, -0.25) is 14.9 Å². The Balaban J connectivity index is 1.62. The van der Waals surface area contributed by atoms with E-state index in [-0.39, 0.29) is 10.8 Å². The fourth-order valence-corrected chi connectivity index (χ4v) is 7.70. The van der Waals surface area contributed by atoms with Gasteiger partial charge >= 0.3 is 6.09 Å². The lowest BCUT2D eigenvalue weighted by atomic mass is 9.79. The van der Waals surface area contributed by atoms with Crippen LogP contribution in [-0.2, 0) is 14.4 Å².